The number of benzene rings is 1. The fraction of sp³-hybridized carbons (Fsp3) is 0.462. The Morgan fingerprint density at radius 2 is 2.17 bits per heavy atom. The van der Waals surface area contributed by atoms with Gasteiger partial charge in [-0.2, -0.15) is 11.8 Å². The maximum Gasteiger partial charge on any atom is 0.251 e. The Morgan fingerprint density at radius 1 is 1.44 bits per heavy atom. The Kier molecular flexibility index (Phi) is 4.36. The minimum atomic E-state index is -0.0507. The smallest absolute Gasteiger partial charge is 0.251 e. The molecule has 0 aliphatic carbocycles. The number of carbonyl (C=O) groups excluding carboxylic acids is 1. The molecule has 1 aromatic rings. The lowest BCUT2D eigenvalue weighted by Gasteiger charge is -2.22. The average Bonchev–Trinajstić information content (AvgIpc) is 2.40. The van der Waals surface area contributed by atoms with E-state index in [-0.39, 0.29) is 5.91 Å². The van der Waals surface area contributed by atoms with Crippen molar-refractivity contribution in [1.29, 1.82) is 0 Å². The third kappa shape index (κ3) is 3.10. The molecule has 1 heterocycles. The number of anilines is 1. The van der Waals surface area contributed by atoms with Gasteiger partial charge in [0.2, 0.25) is 0 Å². The number of rotatable bonds is 3. The number of thioether (sulfide) groups is 1. The quantitative estimate of drug-likeness (QED) is 0.820. The number of amides is 1. The van der Waals surface area contributed by atoms with Crippen molar-refractivity contribution in [3.8, 4) is 5.75 Å². The lowest BCUT2D eigenvalue weighted by atomic mass is 10.1. The topological polar surface area (TPSA) is 64.3 Å². The highest BCUT2D eigenvalue weighted by molar-refractivity contribution is 7.99. The number of nitrogens with one attached hydrogen (secondary N) is 1. The van der Waals surface area contributed by atoms with Crippen LogP contribution >= 0.6 is 11.8 Å². The molecule has 1 amide bonds. The number of hydrogen-bond acceptors (Lipinski definition) is 4. The van der Waals surface area contributed by atoms with Gasteiger partial charge < -0.3 is 15.8 Å². The van der Waals surface area contributed by atoms with Gasteiger partial charge in [-0.15, -0.1) is 0 Å². The summed E-state index contributed by atoms with van der Waals surface area (Å²) in [4.78, 5) is 12.1. The largest absolute Gasteiger partial charge is 0.495 e. The Labute approximate surface area is 111 Å². The third-order valence-corrected chi connectivity index (χ3v) is 4.10. The summed E-state index contributed by atoms with van der Waals surface area (Å²) in [5.74, 6) is 2.73. The highest BCUT2D eigenvalue weighted by Crippen LogP contribution is 2.23. The molecule has 0 bridgehead atoms. The van der Waals surface area contributed by atoms with Gasteiger partial charge in [0.05, 0.1) is 12.8 Å². The molecule has 18 heavy (non-hydrogen) atoms. The predicted molar refractivity (Wildman–Crippen MR) is 75.2 cm³/mol. The molecule has 1 aliphatic heterocycles. The zero-order chi connectivity index (χ0) is 13.0. The molecule has 0 spiro atoms. The minimum absolute atomic E-state index is 0.0507. The van der Waals surface area contributed by atoms with Crippen LogP contribution in [-0.4, -0.2) is 30.6 Å². The maximum atomic E-state index is 12.1. The van der Waals surface area contributed by atoms with E-state index in [9.17, 15) is 4.79 Å². The van der Waals surface area contributed by atoms with Gasteiger partial charge in [0, 0.05) is 11.6 Å². The standard InChI is InChI=1S/C13H18N2O2S/c1-17-12-8-9(2-3-11(12)14)13(16)15-10-4-6-18-7-5-10/h2-3,8,10H,4-7,14H2,1H3,(H,15,16). The fourth-order valence-corrected chi connectivity index (χ4v) is 3.07. The second kappa shape index (κ2) is 6.00. The summed E-state index contributed by atoms with van der Waals surface area (Å²) in [6.45, 7) is 0. The van der Waals surface area contributed by atoms with Crippen LogP contribution in [0.15, 0.2) is 18.2 Å². The Morgan fingerprint density at radius 3 is 2.83 bits per heavy atom. The van der Waals surface area contributed by atoms with E-state index in [1.54, 1.807) is 25.3 Å². The molecule has 2 rings (SSSR count). The van der Waals surface area contributed by atoms with E-state index in [4.69, 9.17) is 10.5 Å². The zero-order valence-corrected chi connectivity index (χ0v) is 11.3. The molecule has 0 atom stereocenters. The molecular weight excluding hydrogens is 248 g/mol. The normalized spacial score (nSPS) is 16.3. The van der Waals surface area contributed by atoms with E-state index in [0.29, 0.717) is 23.0 Å². The van der Waals surface area contributed by atoms with E-state index < -0.39 is 0 Å². The lowest BCUT2D eigenvalue weighted by molar-refractivity contribution is 0.0934. The van der Waals surface area contributed by atoms with Gasteiger partial charge in [-0.1, -0.05) is 0 Å². The molecule has 3 N–H and O–H groups in total. The van der Waals surface area contributed by atoms with Crippen LogP contribution in [0.1, 0.15) is 23.2 Å². The van der Waals surface area contributed by atoms with Crippen LogP contribution in [0.2, 0.25) is 0 Å². The molecule has 98 valence electrons. The van der Waals surface area contributed by atoms with Crippen molar-refractivity contribution in [3.63, 3.8) is 0 Å². The molecule has 1 aromatic carbocycles. The van der Waals surface area contributed by atoms with Crippen LogP contribution in [-0.2, 0) is 0 Å². The van der Waals surface area contributed by atoms with Crippen LogP contribution in [0.4, 0.5) is 5.69 Å². The number of ether oxygens (including phenoxy) is 1. The summed E-state index contributed by atoms with van der Waals surface area (Å²) in [7, 11) is 1.55. The Bertz CT molecular complexity index is 431. The molecule has 1 fully saturated rings. The monoisotopic (exact) mass is 266 g/mol. The van der Waals surface area contributed by atoms with Crippen molar-refractivity contribution in [2.75, 3.05) is 24.3 Å². The molecular formula is C13H18N2O2S. The highest BCUT2D eigenvalue weighted by Gasteiger charge is 2.17. The Balaban J connectivity index is 2.03. The summed E-state index contributed by atoms with van der Waals surface area (Å²) in [5, 5.41) is 3.06. The van der Waals surface area contributed by atoms with Crippen LogP contribution in [0, 0.1) is 0 Å². The summed E-state index contributed by atoms with van der Waals surface area (Å²) >= 11 is 1.94. The summed E-state index contributed by atoms with van der Waals surface area (Å²) < 4.78 is 5.12. The van der Waals surface area contributed by atoms with Gasteiger partial charge in [0.15, 0.2) is 0 Å². The summed E-state index contributed by atoms with van der Waals surface area (Å²) in [5.41, 5.74) is 6.87. The van der Waals surface area contributed by atoms with E-state index in [0.717, 1.165) is 24.3 Å². The van der Waals surface area contributed by atoms with Crippen LogP contribution in [0.25, 0.3) is 0 Å². The van der Waals surface area contributed by atoms with Crippen molar-refractivity contribution in [3.05, 3.63) is 23.8 Å². The van der Waals surface area contributed by atoms with Crippen LogP contribution in [0.5, 0.6) is 5.75 Å². The molecule has 1 aliphatic rings. The summed E-state index contributed by atoms with van der Waals surface area (Å²) in [6, 6.07) is 5.40. The van der Waals surface area contributed by atoms with Gasteiger partial charge >= 0.3 is 0 Å². The minimum Gasteiger partial charge on any atom is -0.495 e. The first-order valence-corrected chi connectivity index (χ1v) is 7.18. The SMILES string of the molecule is COc1cc(C(=O)NC2CCSCC2)ccc1N. The number of hydrogen-bond donors (Lipinski definition) is 2. The number of nitrogens with two attached hydrogens (primary N) is 1. The molecule has 0 radical (unpaired) electrons. The van der Waals surface area contributed by atoms with Gasteiger partial charge in [0.1, 0.15) is 5.75 Å². The van der Waals surface area contributed by atoms with Crippen LogP contribution < -0.4 is 15.8 Å². The van der Waals surface area contributed by atoms with E-state index in [1.165, 1.54) is 0 Å². The van der Waals surface area contributed by atoms with Crippen molar-refractivity contribution in [2.45, 2.75) is 18.9 Å². The zero-order valence-electron chi connectivity index (χ0n) is 10.4. The van der Waals surface area contributed by atoms with Gasteiger partial charge in [0.25, 0.3) is 5.91 Å². The lowest BCUT2D eigenvalue weighted by Crippen LogP contribution is -2.37. The Hall–Kier alpha value is -1.36. The molecule has 0 saturated carbocycles. The van der Waals surface area contributed by atoms with Gasteiger partial charge in [-0.25, -0.2) is 0 Å². The first-order valence-electron chi connectivity index (χ1n) is 6.03. The van der Waals surface area contributed by atoms with Crippen molar-refractivity contribution in [2.24, 2.45) is 0 Å². The third-order valence-electron chi connectivity index (χ3n) is 3.05. The molecule has 0 aromatic heterocycles. The van der Waals surface area contributed by atoms with E-state index in [2.05, 4.69) is 5.32 Å². The van der Waals surface area contributed by atoms with Crippen molar-refractivity contribution in [1.82, 2.24) is 5.32 Å². The van der Waals surface area contributed by atoms with Gasteiger partial charge in [-0.05, 0) is 42.5 Å². The second-order valence-electron chi connectivity index (χ2n) is 4.32. The first kappa shape index (κ1) is 13.1. The molecule has 1 saturated heterocycles. The summed E-state index contributed by atoms with van der Waals surface area (Å²) in [6.07, 6.45) is 2.09. The van der Waals surface area contributed by atoms with Crippen molar-refractivity contribution >= 4 is 23.4 Å². The maximum absolute atomic E-state index is 12.1. The van der Waals surface area contributed by atoms with Gasteiger partial charge in [-0.3, -0.25) is 4.79 Å². The predicted octanol–water partition coefficient (Wildman–Crippen LogP) is 1.90. The highest BCUT2D eigenvalue weighted by atomic mass is 32.2. The number of carbonyl (C=O) groups is 1. The van der Waals surface area contributed by atoms with Crippen LogP contribution in [0.3, 0.4) is 0 Å². The number of methoxy groups -OCH3 is 1. The van der Waals surface area contributed by atoms with Crippen molar-refractivity contribution < 1.29 is 9.53 Å². The van der Waals surface area contributed by atoms with E-state index in [1.807, 2.05) is 11.8 Å². The second-order valence-corrected chi connectivity index (χ2v) is 5.54. The fourth-order valence-electron chi connectivity index (χ4n) is 1.96. The molecule has 0 unspecified atom stereocenters. The molecule has 5 heteroatoms. The average molecular weight is 266 g/mol. The van der Waals surface area contributed by atoms with E-state index >= 15 is 0 Å². The molecule has 4 nitrogen and oxygen atoms in total. The first-order chi connectivity index (χ1) is 8.70. The number of nitrogen functional groups attached to an aromatic ring is 1.